The zero-order chi connectivity index (χ0) is 16.6. The van der Waals surface area contributed by atoms with Crippen LogP contribution in [0, 0.1) is 5.41 Å². The molecule has 0 saturated heterocycles. The molecule has 0 spiro atoms. The third-order valence-corrected chi connectivity index (χ3v) is 3.82. The van der Waals surface area contributed by atoms with Crippen LogP contribution in [0.4, 0.5) is 0 Å². The number of carbonyl (C=O) groups excluding carboxylic acids is 1. The predicted octanol–water partition coefficient (Wildman–Crippen LogP) is 1.03. The number of unbranched alkanes of at least 4 members (excludes halogenated alkanes) is 1. The van der Waals surface area contributed by atoms with Gasteiger partial charge in [0.2, 0.25) is 0 Å². The Morgan fingerprint density at radius 1 is 1.39 bits per heavy atom. The van der Waals surface area contributed by atoms with Gasteiger partial charge in [0, 0.05) is 12.7 Å². The van der Waals surface area contributed by atoms with E-state index in [9.17, 15) is 9.59 Å². The summed E-state index contributed by atoms with van der Waals surface area (Å²) in [6, 6.07) is 6.64. The Morgan fingerprint density at radius 2 is 2.17 bits per heavy atom. The molecule has 0 radical (unpaired) electrons. The largest absolute Gasteiger partial charge is 0.365 e. The summed E-state index contributed by atoms with van der Waals surface area (Å²) in [7, 11) is 0. The van der Waals surface area contributed by atoms with Gasteiger partial charge in [-0.3, -0.25) is 19.4 Å². The van der Waals surface area contributed by atoms with E-state index in [4.69, 9.17) is 11.1 Å². The molecule has 3 N–H and O–H groups in total. The van der Waals surface area contributed by atoms with Gasteiger partial charge in [0.1, 0.15) is 16.8 Å². The highest BCUT2D eigenvalue weighted by atomic mass is 16.1. The average molecular weight is 311 g/mol. The first-order valence-electron chi connectivity index (χ1n) is 7.44. The van der Waals surface area contributed by atoms with E-state index in [0.29, 0.717) is 17.8 Å². The zero-order valence-electron chi connectivity index (χ0n) is 12.7. The summed E-state index contributed by atoms with van der Waals surface area (Å²) in [5.41, 5.74) is 6.02. The molecular weight excluding hydrogens is 294 g/mol. The van der Waals surface area contributed by atoms with Crippen molar-refractivity contribution in [3.8, 4) is 0 Å². The van der Waals surface area contributed by atoms with Gasteiger partial charge in [-0.1, -0.05) is 19.4 Å². The summed E-state index contributed by atoms with van der Waals surface area (Å²) in [5, 5.41) is 8.52. The molecule has 3 rings (SSSR count). The zero-order valence-corrected chi connectivity index (χ0v) is 12.7. The van der Waals surface area contributed by atoms with Gasteiger partial charge in [0.25, 0.3) is 11.5 Å². The topological polar surface area (TPSA) is 106 Å². The van der Waals surface area contributed by atoms with Gasteiger partial charge in [-0.25, -0.2) is 4.98 Å². The van der Waals surface area contributed by atoms with Crippen LogP contribution >= 0.6 is 0 Å². The molecule has 3 heterocycles. The number of pyridine rings is 2. The molecule has 0 atom stereocenters. The van der Waals surface area contributed by atoms with E-state index in [1.807, 2.05) is 6.92 Å². The fraction of sp³-hybridized carbons (Fsp3) is 0.250. The van der Waals surface area contributed by atoms with E-state index in [1.165, 1.54) is 10.5 Å². The molecular formula is C16H17N5O2. The van der Waals surface area contributed by atoms with E-state index >= 15 is 0 Å². The average Bonchev–Trinajstić information content (AvgIpc) is 2.54. The quantitative estimate of drug-likeness (QED) is 0.703. The lowest BCUT2D eigenvalue weighted by Gasteiger charge is -2.13. The van der Waals surface area contributed by atoms with Crippen molar-refractivity contribution in [2.24, 2.45) is 5.73 Å². The van der Waals surface area contributed by atoms with Crippen molar-refractivity contribution in [3.63, 3.8) is 0 Å². The summed E-state index contributed by atoms with van der Waals surface area (Å²) < 4.78 is 3.01. The number of fused-ring (bicyclic) bond motifs is 2. The van der Waals surface area contributed by atoms with E-state index in [-0.39, 0.29) is 22.0 Å². The minimum atomic E-state index is -0.722. The fourth-order valence-corrected chi connectivity index (χ4v) is 2.61. The standard InChI is InChI=1S/C16H17N5O2/c1-2-3-7-21-13(17)10(14(18)22)9-11-15(21)19-12-6-4-5-8-20(12)16(11)23/h4-6,8-9,17H,2-3,7H2,1H3,(H2,18,22). The molecule has 3 aromatic rings. The van der Waals surface area contributed by atoms with Crippen molar-refractivity contribution in [1.82, 2.24) is 14.0 Å². The van der Waals surface area contributed by atoms with Crippen LogP contribution in [-0.2, 0) is 6.54 Å². The number of nitrogens with zero attached hydrogens (tertiary/aromatic N) is 3. The molecule has 0 aliphatic carbocycles. The molecule has 7 heteroatoms. The molecule has 0 aliphatic heterocycles. The number of amides is 1. The Bertz CT molecular complexity index is 1030. The highest BCUT2D eigenvalue weighted by Crippen LogP contribution is 2.10. The minimum Gasteiger partial charge on any atom is -0.365 e. The molecule has 0 saturated carbocycles. The van der Waals surface area contributed by atoms with Crippen molar-refractivity contribution in [3.05, 3.63) is 51.9 Å². The van der Waals surface area contributed by atoms with Gasteiger partial charge < -0.3 is 10.3 Å². The molecule has 23 heavy (non-hydrogen) atoms. The Hall–Kier alpha value is -2.96. The Labute approximate surface area is 131 Å². The second-order valence-electron chi connectivity index (χ2n) is 5.36. The van der Waals surface area contributed by atoms with Crippen LogP contribution in [0.15, 0.2) is 35.3 Å². The monoisotopic (exact) mass is 311 g/mol. The summed E-state index contributed by atoms with van der Waals surface area (Å²) in [6.07, 6.45) is 3.35. The number of primary amides is 1. The molecule has 3 aromatic heterocycles. The first-order chi connectivity index (χ1) is 11.0. The van der Waals surface area contributed by atoms with Crippen LogP contribution in [0.3, 0.4) is 0 Å². The minimum absolute atomic E-state index is 0.00867. The number of carbonyl (C=O) groups is 1. The molecule has 0 aliphatic rings. The summed E-state index contributed by atoms with van der Waals surface area (Å²) >= 11 is 0. The first-order valence-corrected chi connectivity index (χ1v) is 7.44. The molecule has 1 amide bonds. The van der Waals surface area contributed by atoms with Crippen molar-refractivity contribution < 1.29 is 4.79 Å². The molecule has 0 unspecified atom stereocenters. The van der Waals surface area contributed by atoms with Crippen LogP contribution in [0.25, 0.3) is 16.7 Å². The normalized spacial score (nSPS) is 11.2. The predicted molar refractivity (Wildman–Crippen MR) is 86.2 cm³/mol. The van der Waals surface area contributed by atoms with Gasteiger partial charge >= 0.3 is 0 Å². The number of aryl methyl sites for hydroxylation is 1. The van der Waals surface area contributed by atoms with E-state index in [0.717, 1.165) is 12.8 Å². The Kier molecular flexibility index (Phi) is 3.69. The first kappa shape index (κ1) is 15.0. The Balaban J connectivity index is 2.50. The van der Waals surface area contributed by atoms with Gasteiger partial charge in [0.15, 0.2) is 0 Å². The summed E-state index contributed by atoms with van der Waals surface area (Å²) in [6.45, 7) is 2.53. The molecule has 0 fully saturated rings. The van der Waals surface area contributed by atoms with Crippen LogP contribution in [0.2, 0.25) is 0 Å². The van der Waals surface area contributed by atoms with Crippen LogP contribution in [-0.4, -0.2) is 19.9 Å². The maximum Gasteiger partial charge on any atom is 0.267 e. The summed E-state index contributed by atoms with van der Waals surface area (Å²) in [5.74, 6) is -0.722. The maximum atomic E-state index is 12.7. The maximum absolute atomic E-state index is 12.7. The van der Waals surface area contributed by atoms with Crippen molar-refractivity contribution in [2.75, 3.05) is 0 Å². The number of aromatic nitrogens is 3. The second-order valence-corrected chi connectivity index (χ2v) is 5.36. The highest BCUT2D eigenvalue weighted by molar-refractivity contribution is 5.95. The molecule has 0 aromatic carbocycles. The van der Waals surface area contributed by atoms with E-state index in [1.54, 1.807) is 29.0 Å². The van der Waals surface area contributed by atoms with E-state index < -0.39 is 5.91 Å². The van der Waals surface area contributed by atoms with Gasteiger partial charge in [0.05, 0.1) is 10.9 Å². The van der Waals surface area contributed by atoms with Crippen LogP contribution in [0.1, 0.15) is 30.1 Å². The number of rotatable bonds is 4. The van der Waals surface area contributed by atoms with Gasteiger partial charge in [-0.05, 0) is 24.6 Å². The Morgan fingerprint density at radius 3 is 2.87 bits per heavy atom. The molecule has 118 valence electrons. The van der Waals surface area contributed by atoms with Gasteiger partial charge in [-0.2, -0.15) is 0 Å². The third kappa shape index (κ3) is 2.40. The van der Waals surface area contributed by atoms with Gasteiger partial charge in [-0.15, -0.1) is 0 Å². The SMILES string of the molecule is CCCCn1c(=N)c(C(N)=O)cc2c(=O)n3ccccc3nc21. The number of hydrogen-bond acceptors (Lipinski definition) is 4. The van der Waals surface area contributed by atoms with Crippen LogP contribution in [0.5, 0.6) is 0 Å². The molecule has 0 bridgehead atoms. The lowest BCUT2D eigenvalue weighted by molar-refractivity contribution is 0.0998. The number of hydrogen-bond donors (Lipinski definition) is 2. The van der Waals surface area contributed by atoms with Crippen molar-refractivity contribution >= 4 is 22.6 Å². The lowest BCUT2D eigenvalue weighted by atomic mass is 10.2. The smallest absolute Gasteiger partial charge is 0.267 e. The van der Waals surface area contributed by atoms with Crippen LogP contribution < -0.4 is 16.8 Å². The lowest BCUT2D eigenvalue weighted by Crippen LogP contribution is -2.32. The second kappa shape index (κ2) is 5.68. The number of nitrogens with one attached hydrogen (secondary N) is 1. The number of nitrogens with two attached hydrogens (primary N) is 1. The molecule has 7 nitrogen and oxygen atoms in total. The van der Waals surface area contributed by atoms with Crippen molar-refractivity contribution in [1.29, 1.82) is 5.41 Å². The van der Waals surface area contributed by atoms with Crippen molar-refractivity contribution in [2.45, 2.75) is 26.3 Å². The highest BCUT2D eigenvalue weighted by Gasteiger charge is 2.15. The summed E-state index contributed by atoms with van der Waals surface area (Å²) in [4.78, 5) is 28.8. The van der Waals surface area contributed by atoms with E-state index in [2.05, 4.69) is 4.98 Å². The fourth-order valence-electron chi connectivity index (χ4n) is 2.61. The third-order valence-electron chi connectivity index (χ3n) is 3.82.